The Kier molecular flexibility index (Phi) is 3.97. The number of nitriles is 1. The van der Waals surface area contributed by atoms with Crippen molar-refractivity contribution in [3.05, 3.63) is 23.0 Å². The van der Waals surface area contributed by atoms with Gasteiger partial charge in [-0.2, -0.15) is 5.26 Å². The van der Waals surface area contributed by atoms with Gasteiger partial charge in [-0.05, 0) is 5.56 Å². The van der Waals surface area contributed by atoms with E-state index in [1.165, 1.54) is 6.20 Å². The highest BCUT2D eigenvalue weighted by atomic mass is 79.9. The highest BCUT2D eigenvalue weighted by Gasteiger charge is 2.19. The SMILES string of the molecule is N#CCc1c(CBr)cnc(C(F)F)c1O. The fourth-order valence-corrected chi connectivity index (χ4v) is 1.63. The Hall–Kier alpha value is -1.22. The molecule has 0 radical (unpaired) electrons. The summed E-state index contributed by atoms with van der Waals surface area (Å²) in [6.07, 6.45) is -1.72. The predicted molar refractivity (Wildman–Crippen MR) is 52.8 cm³/mol. The highest BCUT2D eigenvalue weighted by molar-refractivity contribution is 9.08. The summed E-state index contributed by atoms with van der Waals surface area (Å²) < 4.78 is 24.7. The largest absolute Gasteiger partial charge is 0.505 e. The van der Waals surface area contributed by atoms with Crippen LogP contribution in [0.2, 0.25) is 0 Å². The molecule has 3 nitrogen and oxygen atoms in total. The van der Waals surface area contributed by atoms with Crippen LogP contribution in [-0.4, -0.2) is 10.1 Å². The Bertz CT molecular complexity index is 404. The smallest absolute Gasteiger partial charge is 0.284 e. The maximum atomic E-state index is 12.4. The van der Waals surface area contributed by atoms with Gasteiger partial charge in [-0.3, -0.25) is 4.98 Å². The van der Waals surface area contributed by atoms with E-state index >= 15 is 0 Å². The number of aromatic nitrogens is 1. The minimum atomic E-state index is -2.84. The third-order valence-electron chi connectivity index (χ3n) is 1.88. The van der Waals surface area contributed by atoms with Crippen molar-refractivity contribution in [2.75, 3.05) is 0 Å². The molecule has 1 aromatic heterocycles. The standard InChI is InChI=1S/C9H7BrF2N2O/c10-3-5-4-14-7(9(11)12)8(15)6(5)1-2-13/h4,9,15H,1,3H2. The molecule has 0 aliphatic rings. The summed E-state index contributed by atoms with van der Waals surface area (Å²) in [4.78, 5) is 3.45. The van der Waals surface area contributed by atoms with Gasteiger partial charge in [0.2, 0.25) is 0 Å². The van der Waals surface area contributed by atoms with Gasteiger partial charge in [-0.1, -0.05) is 15.9 Å². The number of alkyl halides is 3. The molecule has 0 aromatic carbocycles. The minimum absolute atomic E-state index is 0.116. The van der Waals surface area contributed by atoms with Gasteiger partial charge in [-0.15, -0.1) is 0 Å². The minimum Gasteiger partial charge on any atom is -0.505 e. The van der Waals surface area contributed by atoms with Crippen molar-refractivity contribution in [3.63, 3.8) is 0 Å². The Morgan fingerprint density at radius 3 is 2.73 bits per heavy atom. The zero-order chi connectivity index (χ0) is 11.4. The molecule has 6 heteroatoms. The lowest BCUT2D eigenvalue weighted by molar-refractivity contribution is 0.141. The number of rotatable bonds is 3. The summed E-state index contributed by atoms with van der Waals surface area (Å²) in [5.74, 6) is -0.580. The molecule has 0 unspecified atom stereocenters. The molecule has 15 heavy (non-hydrogen) atoms. The van der Waals surface area contributed by atoms with Crippen LogP contribution < -0.4 is 0 Å². The Morgan fingerprint density at radius 2 is 2.27 bits per heavy atom. The van der Waals surface area contributed by atoms with Crippen LogP contribution in [0.3, 0.4) is 0 Å². The highest BCUT2D eigenvalue weighted by Crippen LogP contribution is 2.32. The molecular formula is C9H7BrF2N2O. The molecule has 0 fully saturated rings. The van der Waals surface area contributed by atoms with E-state index < -0.39 is 17.9 Å². The first kappa shape index (κ1) is 11.9. The topological polar surface area (TPSA) is 56.9 Å². The Balaban J connectivity index is 3.30. The summed E-state index contributed by atoms with van der Waals surface area (Å²) in [7, 11) is 0. The fourth-order valence-electron chi connectivity index (χ4n) is 1.14. The molecule has 1 heterocycles. The first-order chi connectivity index (χ1) is 7.11. The number of halogens is 3. The van der Waals surface area contributed by atoms with Crippen LogP contribution in [0, 0.1) is 11.3 Å². The molecule has 0 amide bonds. The predicted octanol–water partition coefficient (Wildman–Crippen LogP) is 2.69. The van der Waals surface area contributed by atoms with Crippen LogP contribution in [0.1, 0.15) is 23.2 Å². The summed E-state index contributed by atoms with van der Waals surface area (Å²) >= 11 is 3.13. The zero-order valence-electron chi connectivity index (χ0n) is 7.54. The number of nitrogens with zero attached hydrogens (tertiary/aromatic N) is 2. The molecule has 0 bridgehead atoms. The lowest BCUT2D eigenvalue weighted by atomic mass is 10.1. The van der Waals surface area contributed by atoms with E-state index in [0.717, 1.165) is 0 Å². The molecule has 1 aromatic rings. The van der Waals surface area contributed by atoms with Crippen LogP contribution in [0.15, 0.2) is 6.20 Å². The van der Waals surface area contributed by atoms with E-state index in [2.05, 4.69) is 20.9 Å². The lowest BCUT2D eigenvalue weighted by Gasteiger charge is -2.09. The molecule has 0 saturated carbocycles. The van der Waals surface area contributed by atoms with Gasteiger partial charge < -0.3 is 5.11 Å². The maximum absolute atomic E-state index is 12.4. The van der Waals surface area contributed by atoms with E-state index in [-0.39, 0.29) is 12.0 Å². The second-order valence-electron chi connectivity index (χ2n) is 2.77. The molecule has 0 atom stereocenters. The Labute approximate surface area is 93.5 Å². The monoisotopic (exact) mass is 276 g/mol. The van der Waals surface area contributed by atoms with E-state index in [1.807, 2.05) is 6.07 Å². The lowest BCUT2D eigenvalue weighted by Crippen LogP contribution is -1.99. The normalized spacial score (nSPS) is 10.3. The van der Waals surface area contributed by atoms with Crippen molar-refractivity contribution in [3.8, 4) is 11.8 Å². The van der Waals surface area contributed by atoms with E-state index in [1.54, 1.807) is 0 Å². The van der Waals surface area contributed by atoms with Crippen molar-refractivity contribution in [2.45, 2.75) is 18.2 Å². The van der Waals surface area contributed by atoms with Gasteiger partial charge in [0, 0.05) is 17.1 Å². The van der Waals surface area contributed by atoms with Crippen LogP contribution in [0.4, 0.5) is 8.78 Å². The number of hydrogen-bond acceptors (Lipinski definition) is 3. The van der Waals surface area contributed by atoms with Gasteiger partial charge >= 0.3 is 0 Å². The van der Waals surface area contributed by atoms with Gasteiger partial charge in [0.05, 0.1) is 12.5 Å². The average molecular weight is 277 g/mol. The summed E-state index contributed by atoms with van der Waals surface area (Å²) in [6, 6.07) is 1.81. The van der Waals surface area contributed by atoms with Crippen LogP contribution in [-0.2, 0) is 11.8 Å². The van der Waals surface area contributed by atoms with Gasteiger partial charge in [0.1, 0.15) is 11.4 Å². The van der Waals surface area contributed by atoms with Crippen LogP contribution in [0.5, 0.6) is 5.75 Å². The summed E-state index contributed by atoms with van der Waals surface area (Å²) in [5, 5.41) is 18.4. The molecular weight excluding hydrogens is 270 g/mol. The third-order valence-corrected chi connectivity index (χ3v) is 2.49. The fraction of sp³-hybridized carbons (Fsp3) is 0.333. The first-order valence-electron chi connectivity index (χ1n) is 4.02. The van der Waals surface area contributed by atoms with Crippen molar-refractivity contribution in [1.29, 1.82) is 5.26 Å². The average Bonchev–Trinajstić information content (AvgIpc) is 2.20. The molecule has 1 rings (SSSR count). The van der Waals surface area contributed by atoms with Gasteiger partial charge in [-0.25, -0.2) is 8.78 Å². The van der Waals surface area contributed by atoms with Crippen molar-refractivity contribution in [2.24, 2.45) is 0 Å². The Morgan fingerprint density at radius 1 is 1.60 bits per heavy atom. The van der Waals surface area contributed by atoms with Crippen LogP contribution >= 0.6 is 15.9 Å². The van der Waals surface area contributed by atoms with Gasteiger partial charge in [0.15, 0.2) is 0 Å². The number of hydrogen-bond donors (Lipinski definition) is 1. The van der Waals surface area contributed by atoms with E-state index in [0.29, 0.717) is 10.9 Å². The van der Waals surface area contributed by atoms with E-state index in [4.69, 9.17) is 5.26 Å². The molecule has 80 valence electrons. The summed E-state index contributed by atoms with van der Waals surface area (Å²) in [6.45, 7) is 0. The molecule has 0 aliphatic heterocycles. The quantitative estimate of drug-likeness (QED) is 0.864. The zero-order valence-corrected chi connectivity index (χ0v) is 9.13. The molecule has 0 saturated heterocycles. The van der Waals surface area contributed by atoms with Gasteiger partial charge in [0.25, 0.3) is 6.43 Å². The third kappa shape index (κ3) is 2.42. The maximum Gasteiger partial charge on any atom is 0.284 e. The van der Waals surface area contributed by atoms with Crippen molar-refractivity contribution in [1.82, 2.24) is 4.98 Å². The molecule has 0 aliphatic carbocycles. The molecule has 0 spiro atoms. The van der Waals surface area contributed by atoms with E-state index in [9.17, 15) is 13.9 Å². The first-order valence-corrected chi connectivity index (χ1v) is 5.14. The van der Waals surface area contributed by atoms with Crippen molar-refractivity contribution >= 4 is 15.9 Å². The number of aromatic hydroxyl groups is 1. The second-order valence-corrected chi connectivity index (χ2v) is 3.33. The van der Waals surface area contributed by atoms with Crippen molar-refractivity contribution < 1.29 is 13.9 Å². The van der Waals surface area contributed by atoms with Crippen LogP contribution in [0.25, 0.3) is 0 Å². The second kappa shape index (κ2) is 5.03. The number of pyridine rings is 1. The summed E-state index contributed by atoms with van der Waals surface area (Å²) in [5.41, 5.74) is 0.0723. The molecule has 1 N–H and O–H groups in total.